The van der Waals surface area contributed by atoms with Gasteiger partial charge >= 0.3 is 6.09 Å². The van der Waals surface area contributed by atoms with E-state index in [0.717, 1.165) is 17.7 Å². The third-order valence-electron chi connectivity index (χ3n) is 6.23. The molecule has 208 valence electrons. The number of benzene rings is 1. The van der Waals surface area contributed by atoms with Crippen molar-refractivity contribution in [2.45, 2.75) is 65.0 Å². The van der Waals surface area contributed by atoms with Crippen molar-refractivity contribution in [2.24, 2.45) is 0 Å². The van der Waals surface area contributed by atoms with Crippen LogP contribution in [0.3, 0.4) is 0 Å². The van der Waals surface area contributed by atoms with Crippen LogP contribution in [0.5, 0.6) is 5.75 Å². The zero-order valence-corrected chi connectivity index (χ0v) is 22.7. The van der Waals surface area contributed by atoms with E-state index in [0.29, 0.717) is 49.7 Å². The predicted octanol–water partition coefficient (Wildman–Crippen LogP) is 5.41. The molecule has 3 aromatic rings. The molecule has 1 unspecified atom stereocenters. The van der Waals surface area contributed by atoms with Crippen LogP contribution >= 0.6 is 0 Å². The van der Waals surface area contributed by atoms with E-state index in [4.69, 9.17) is 9.47 Å². The number of carbonyl (C=O) groups is 1. The first kappa shape index (κ1) is 28.1. The van der Waals surface area contributed by atoms with E-state index < -0.39 is 23.3 Å². The fraction of sp³-hybridized carbons (Fsp3) is 0.464. The average Bonchev–Trinajstić information content (AvgIpc) is 2.90. The summed E-state index contributed by atoms with van der Waals surface area (Å²) in [5, 5.41) is 2.70. The summed E-state index contributed by atoms with van der Waals surface area (Å²) >= 11 is 0. The number of aromatic nitrogens is 4. The molecule has 1 amide bonds. The molecule has 1 aromatic carbocycles. The maximum atomic E-state index is 14.6. The van der Waals surface area contributed by atoms with Gasteiger partial charge in [0.05, 0.1) is 18.3 Å². The van der Waals surface area contributed by atoms with Crippen LogP contribution in [0.1, 0.15) is 64.3 Å². The molecule has 11 heteroatoms. The lowest BCUT2D eigenvalue weighted by Gasteiger charge is -2.36. The van der Waals surface area contributed by atoms with Crippen LogP contribution in [-0.2, 0) is 11.2 Å². The van der Waals surface area contributed by atoms with Gasteiger partial charge in [0.25, 0.3) is 0 Å². The monoisotopic (exact) mass is 540 g/mol. The third kappa shape index (κ3) is 7.36. The molecule has 9 nitrogen and oxygen atoms in total. The molecule has 0 aliphatic carbocycles. The molecular formula is C28H34F2N6O3. The van der Waals surface area contributed by atoms with Crippen molar-refractivity contribution < 1.29 is 23.0 Å². The number of nitrogens with one attached hydrogen (secondary N) is 1. The van der Waals surface area contributed by atoms with Crippen LogP contribution in [0.25, 0.3) is 11.6 Å². The zero-order valence-electron chi connectivity index (χ0n) is 22.7. The molecule has 1 atom stereocenters. The highest BCUT2D eigenvalue weighted by atomic mass is 19.2. The topological polar surface area (TPSA) is 102 Å². The SMILES string of the molecule is CC1c2cnc(-c3ncccn3)nc2CCN1c1cc(F)c(F)c(OCCCCCNC(=O)OC(C)(C)C)c1. The lowest BCUT2D eigenvalue weighted by molar-refractivity contribution is 0.0527. The molecular weight excluding hydrogens is 506 g/mol. The molecule has 1 aliphatic rings. The van der Waals surface area contributed by atoms with Gasteiger partial charge < -0.3 is 19.7 Å². The summed E-state index contributed by atoms with van der Waals surface area (Å²) in [6.07, 6.45) is 7.26. The molecule has 0 radical (unpaired) electrons. The number of rotatable bonds is 9. The van der Waals surface area contributed by atoms with Crippen molar-refractivity contribution in [3.8, 4) is 17.4 Å². The summed E-state index contributed by atoms with van der Waals surface area (Å²) in [5.74, 6) is -1.18. The van der Waals surface area contributed by atoms with Gasteiger partial charge in [0.2, 0.25) is 5.82 Å². The lowest BCUT2D eigenvalue weighted by Crippen LogP contribution is -2.35. The Morgan fingerprint density at radius 3 is 2.62 bits per heavy atom. The van der Waals surface area contributed by atoms with Gasteiger partial charge in [-0.15, -0.1) is 0 Å². The molecule has 0 saturated heterocycles. The predicted molar refractivity (Wildman–Crippen MR) is 142 cm³/mol. The quantitative estimate of drug-likeness (QED) is 0.360. The van der Waals surface area contributed by atoms with E-state index in [1.165, 1.54) is 12.1 Å². The zero-order chi connectivity index (χ0) is 28.0. The molecule has 4 rings (SSSR count). The van der Waals surface area contributed by atoms with Crippen molar-refractivity contribution in [2.75, 3.05) is 24.6 Å². The molecule has 3 heterocycles. The first-order chi connectivity index (χ1) is 18.6. The molecule has 2 aromatic heterocycles. The van der Waals surface area contributed by atoms with Crippen molar-refractivity contribution in [1.82, 2.24) is 25.3 Å². The highest BCUT2D eigenvalue weighted by Crippen LogP contribution is 2.36. The van der Waals surface area contributed by atoms with E-state index >= 15 is 0 Å². The van der Waals surface area contributed by atoms with Crippen molar-refractivity contribution in [1.29, 1.82) is 0 Å². The minimum absolute atomic E-state index is 0.122. The average molecular weight is 541 g/mol. The highest BCUT2D eigenvalue weighted by Gasteiger charge is 2.28. The van der Waals surface area contributed by atoms with E-state index in [9.17, 15) is 13.6 Å². The summed E-state index contributed by atoms with van der Waals surface area (Å²) < 4.78 is 39.9. The Balaban J connectivity index is 1.33. The van der Waals surface area contributed by atoms with E-state index in [2.05, 4.69) is 25.3 Å². The number of amides is 1. The molecule has 0 fully saturated rings. The second-order valence-electron chi connectivity index (χ2n) is 10.4. The Morgan fingerprint density at radius 1 is 1.10 bits per heavy atom. The minimum atomic E-state index is -1.01. The molecule has 0 spiro atoms. The number of nitrogens with zero attached hydrogens (tertiary/aromatic N) is 5. The smallest absolute Gasteiger partial charge is 0.407 e. The number of ether oxygens (including phenoxy) is 2. The van der Waals surface area contributed by atoms with E-state index in [1.54, 1.807) is 45.4 Å². The van der Waals surface area contributed by atoms with E-state index in [-0.39, 0.29) is 18.4 Å². The van der Waals surface area contributed by atoms with Crippen LogP contribution in [0.15, 0.2) is 36.8 Å². The van der Waals surface area contributed by atoms with Gasteiger partial charge in [-0.3, -0.25) is 0 Å². The van der Waals surface area contributed by atoms with Crippen LogP contribution in [-0.4, -0.2) is 51.3 Å². The van der Waals surface area contributed by atoms with Crippen molar-refractivity contribution >= 4 is 11.8 Å². The van der Waals surface area contributed by atoms with Crippen LogP contribution in [0.4, 0.5) is 19.3 Å². The normalized spacial score (nSPS) is 15.0. The molecule has 1 aliphatic heterocycles. The second-order valence-corrected chi connectivity index (χ2v) is 10.4. The maximum absolute atomic E-state index is 14.6. The van der Waals surface area contributed by atoms with Gasteiger partial charge in [-0.2, -0.15) is 4.39 Å². The lowest BCUT2D eigenvalue weighted by atomic mass is 9.98. The number of halogens is 2. The Morgan fingerprint density at radius 2 is 1.87 bits per heavy atom. The number of carbonyl (C=O) groups excluding carboxylic acids is 1. The van der Waals surface area contributed by atoms with Crippen molar-refractivity contribution in [3.63, 3.8) is 0 Å². The summed E-state index contributed by atoms with van der Waals surface area (Å²) in [4.78, 5) is 31.2. The Hall–Kier alpha value is -3.89. The standard InChI is InChI=1S/C28H34F2N6O3/c1-18-20-17-34-26(25-31-11-8-12-32-25)35-22(20)9-13-36(18)19-15-21(29)24(30)23(16-19)38-14-7-5-6-10-33-27(37)39-28(2,3)4/h8,11-12,15-18H,5-7,9-10,13-14H2,1-4H3,(H,33,37). The van der Waals surface area contributed by atoms with Gasteiger partial charge in [-0.05, 0) is 53.0 Å². The molecule has 1 N–H and O–H groups in total. The Labute approximate surface area is 227 Å². The molecule has 0 saturated carbocycles. The fourth-order valence-corrected chi connectivity index (χ4v) is 4.35. The number of fused-ring (bicyclic) bond motifs is 1. The summed E-state index contributed by atoms with van der Waals surface area (Å²) in [6.45, 7) is 8.64. The van der Waals surface area contributed by atoms with Gasteiger partial charge in [0, 0.05) is 61.5 Å². The summed E-state index contributed by atoms with van der Waals surface area (Å²) in [6, 6.07) is 4.30. The molecule has 0 bridgehead atoms. The number of alkyl carbamates (subject to hydrolysis) is 1. The summed E-state index contributed by atoms with van der Waals surface area (Å²) in [5.41, 5.74) is 1.78. The van der Waals surface area contributed by atoms with Gasteiger partial charge in [-0.25, -0.2) is 29.1 Å². The largest absolute Gasteiger partial charge is 0.490 e. The fourth-order valence-electron chi connectivity index (χ4n) is 4.35. The maximum Gasteiger partial charge on any atom is 0.407 e. The minimum Gasteiger partial charge on any atom is -0.490 e. The van der Waals surface area contributed by atoms with Crippen LogP contribution < -0.4 is 15.0 Å². The van der Waals surface area contributed by atoms with Crippen LogP contribution in [0.2, 0.25) is 0 Å². The first-order valence-corrected chi connectivity index (χ1v) is 13.1. The van der Waals surface area contributed by atoms with Crippen molar-refractivity contribution in [3.05, 3.63) is 59.7 Å². The number of hydrogen-bond donors (Lipinski definition) is 1. The molecule has 39 heavy (non-hydrogen) atoms. The summed E-state index contributed by atoms with van der Waals surface area (Å²) in [7, 11) is 0. The van der Waals surface area contributed by atoms with E-state index in [1.807, 2.05) is 11.8 Å². The second kappa shape index (κ2) is 12.3. The first-order valence-electron chi connectivity index (χ1n) is 13.1. The number of hydrogen-bond acceptors (Lipinski definition) is 8. The Kier molecular flexibility index (Phi) is 8.88. The van der Waals surface area contributed by atoms with Gasteiger partial charge in [-0.1, -0.05) is 0 Å². The highest BCUT2D eigenvalue weighted by molar-refractivity contribution is 5.67. The Bertz CT molecular complexity index is 1290. The van der Waals surface area contributed by atoms with Gasteiger partial charge in [0.15, 0.2) is 23.2 Å². The third-order valence-corrected chi connectivity index (χ3v) is 6.23. The van der Waals surface area contributed by atoms with Crippen LogP contribution in [0, 0.1) is 11.6 Å². The number of unbranched alkanes of at least 4 members (excludes halogenated alkanes) is 2. The van der Waals surface area contributed by atoms with Gasteiger partial charge in [0.1, 0.15) is 5.60 Å². The number of anilines is 1.